The minimum Gasteiger partial charge on any atom is -0.476 e. The molecule has 136 valence electrons. The number of hydrogen-bond acceptors (Lipinski definition) is 5. The van der Waals surface area contributed by atoms with E-state index >= 15 is 0 Å². The van der Waals surface area contributed by atoms with E-state index in [9.17, 15) is 0 Å². The molecule has 1 fully saturated rings. The average Bonchev–Trinajstić information content (AvgIpc) is 3.18. The highest BCUT2D eigenvalue weighted by Gasteiger charge is 2.16. The van der Waals surface area contributed by atoms with Crippen LogP contribution in [-0.4, -0.2) is 32.4 Å². The Bertz CT molecular complexity index is 706. The van der Waals surface area contributed by atoms with Crippen LogP contribution in [0.25, 0.3) is 0 Å². The van der Waals surface area contributed by atoms with Gasteiger partial charge in [0.15, 0.2) is 0 Å². The second-order valence-corrected chi connectivity index (χ2v) is 7.23. The van der Waals surface area contributed by atoms with Gasteiger partial charge in [-0.3, -0.25) is 9.67 Å². The van der Waals surface area contributed by atoms with Crippen molar-refractivity contribution in [2.45, 2.75) is 58.9 Å². The smallest absolute Gasteiger partial charge is 0.234 e. The molecule has 1 unspecified atom stereocenters. The zero-order valence-electron chi connectivity index (χ0n) is 15.7. The Morgan fingerprint density at radius 2 is 2.04 bits per heavy atom. The van der Waals surface area contributed by atoms with Gasteiger partial charge in [-0.25, -0.2) is 0 Å². The van der Waals surface area contributed by atoms with Crippen LogP contribution < -0.4 is 10.1 Å². The van der Waals surface area contributed by atoms with Crippen molar-refractivity contribution in [2.24, 2.45) is 13.0 Å². The van der Waals surface area contributed by atoms with Crippen molar-refractivity contribution in [1.82, 2.24) is 19.7 Å². The normalized spacial score (nSPS) is 16.2. The van der Waals surface area contributed by atoms with Crippen LogP contribution in [-0.2, 0) is 13.5 Å². The van der Waals surface area contributed by atoms with Crippen LogP contribution in [0.2, 0.25) is 0 Å². The molecule has 0 aliphatic heterocycles. The summed E-state index contributed by atoms with van der Waals surface area (Å²) >= 11 is 0. The lowest BCUT2D eigenvalue weighted by Gasteiger charge is -2.16. The molecule has 2 aromatic heterocycles. The summed E-state index contributed by atoms with van der Waals surface area (Å²) < 4.78 is 7.78. The van der Waals surface area contributed by atoms with Crippen molar-refractivity contribution in [3.8, 4) is 5.88 Å². The summed E-state index contributed by atoms with van der Waals surface area (Å²) in [5, 5.41) is 7.92. The van der Waals surface area contributed by atoms with E-state index in [-0.39, 0.29) is 6.04 Å². The van der Waals surface area contributed by atoms with E-state index in [1.807, 2.05) is 11.7 Å². The Hall–Kier alpha value is -2.11. The highest BCUT2D eigenvalue weighted by molar-refractivity contribution is 5.36. The molecule has 0 amide bonds. The number of hydrogen-bond donors (Lipinski definition) is 1. The van der Waals surface area contributed by atoms with Gasteiger partial charge in [0.25, 0.3) is 0 Å². The number of aryl methyl sites for hydroxylation is 2. The maximum Gasteiger partial charge on any atom is 0.234 e. The van der Waals surface area contributed by atoms with Gasteiger partial charge in [-0.15, -0.1) is 0 Å². The number of aromatic nitrogens is 4. The Morgan fingerprint density at radius 1 is 1.28 bits per heavy atom. The predicted molar refractivity (Wildman–Crippen MR) is 99.0 cm³/mol. The molecular weight excluding hydrogens is 314 g/mol. The van der Waals surface area contributed by atoms with E-state index in [4.69, 9.17) is 4.74 Å². The van der Waals surface area contributed by atoms with Gasteiger partial charge in [-0.2, -0.15) is 10.1 Å². The topological polar surface area (TPSA) is 64.9 Å². The standard InChI is InChI=1S/C19H29N5O/c1-13(9-17-14(2)23-24(4)15(17)3)21-18-10-20-11-19(22-18)25-12-16-7-5-6-8-16/h10-11,13,16H,5-9,12H2,1-4H3,(H,21,22). The third-order valence-corrected chi connectivity index (χ3v) is 5.12. The molecule has 0 aromatic carbocycles. The summed E-state index contributed by atoms with van der Waals surface area (Å²) in [6.45, 7) is 7.08. The molecule has 3 rings (SSSR count). The summed E-state index contributed by atoms with van der Waals surface area (Å²) in [5.41, 5.74) is 3.60. The van der Waals surface area contributed by atoms with E-state index in [2.05, 4.69) is 41.2 Å². The molecule has 1 atom stereocenters. The van der Waals surface area contributed by atoms with Gasteiger partial charge < -0.3 is 10.1 Å². The summed E-state index contributed by atoms with van der Waals surface area (Å²) in [6.07, 6.45) is 9.54. The second kappa shape index (κ2) is 7.85. The number of ether oxygens (including phenoxy) is 1. The first-order valence-electron chi connectivity index (χ1n) is 9.23. The summed E-state index contributed by atoms with van der Waals surface area (Å²) in [7, 11) is 1.99. The Morgan fingerprint density at radius 3 is 2.72 bits per heavy atom. The molecule has 6 heteroatoms. The number of nitrogens with zero attached hydrogens (tertiary/aromatic N) is 4. The van der Waals surface area contributed by atoms with Gasteiger partial charge in [0, 0.05) is 18.8 Å². The second-order valence-electron chi connectivity index (χ2n) is 7.23. The number of rotatable bonds is 7. The fourth-order valence-corrected chi connectivity index (χ4v) is 3.59. The quantitative estimate of drug-likeness (QED) is 0.834. The van der Waals surface area contributed by atoms with E-state index in [1.54, 1.807) is 12.4 Å². The summed E-state index contributed by atoms with van der Waals surface area (Å²) in [6, 6.07) is 0.237. The third kappa shape index (κ3) is 4.50. The van der Waals surface area contributed by atoms with Gasteiger partial charge in [0.1, 0.15) is 5.82 Å². The minimum absolute atomic E-state index is 0.237. The van der Waals surface area contributed by atoms with E-state index in [1.165, 1.54) is 36.9 Å². The molecule has 1 aliphatic carbocycles. The largest absolute Gasteiger partial charge is 0.476 e. The summed E-state index contributed by atoms with van der Waals surface area (Å²) in [4.78, 5) is 8.81. The Balaban J connectivity index is 1.57. The first-order chi connectivity index (χ1) is 12.0. The number of nitrogens with one attached hydrogen (secondary N) is 1. The monoisotopic (exact) mass is 343 g/mol. The molecule has 0 bridgehead atoms. The Labute approximate surface area is 150 Å². The predicted octanol–water partition coefficient (Wildman–Crippen LogP) is 3.44. The maximum atomic E-state index is 5.85. The SMILES string of the molecule is Cc1nn(C)c(C)c1CC(C)Nc1cncc(OCC2CCCC2)n1. The molecule has 2 aromatic rings. The van der Waals surface area contributed by atoms with Crippen molar-refractivity contribution in [1.29, 1.82) is 0 Å². The summed E-state index contributed by atoms with van der Waals surface area (Å²) in [5.74, 6) is 2.04. The van der Waals surface area contributed by atoms with Crippen molar-refractivity contribution in [3.05, 3.63) is 29.3 Å². The molecule has 25 heavy (non-hydrogen) atoms. The van der Waals surface area contributed by atoms with Gasteiger partial charge in [-0.1, -0.05) is 12.8 Å². The molecule has 6 nitrogen and oxygen atoms in total. The van der Waals surface area contributed by atoms with E-state index < -0.39 is 0 Å². The van der Waals surface area contributed by atoms with Gasteiger partial charge >= 0.3 is 0 Å². The van der Waals surface area contributed by atoms with Crippen LogP contribution in [0, 0.1) is 19.8 Å². The minimum atomic E-state index is 0.237. The Kier molecular flexibility index (Phi) is 5.56. The highest BCUT2D eigenvalue weighted by atomic mass is 16.5. The molecule has 1 N–H and O–H groups in total. The molecule has 0 saturated heterocycles. The third-order valence-electron chi connectivity index (χ3n) is 5.12. The van der Waals surface area contributed by atoms with Crippen molar-refractivity contribution >= 4 is 5.82 Å². The lowest BCUT2D eigenvalue weighted by atomic mass is 10.1. The van der Waals surface area contributed by atoms with Crippen LogP contribution >= 0.6 is 0 Å². The van der Waals surface area contributed by atoms with Gasteiger partial charge in [0.2, 0.25) is 5.88 Å². The molecule has 1 aliphatic rings. The maximum absolute atomic E-state index is 5.85. The van der Waals surface area contributed by atoms with Gasteiger partial charge in [-0.05, 0) is 51.5 Å². The zero-order chi connectivity index (χ0) is 17.8. The molecule has 2 heterocycles. The van der Waals surface area contributed by atoms with Crippen LogP contribution in [0.1, 0.15) is 49.6 Å². The van der Waals surface area contributed by atoms with Gasteiger partial charge in [0.05, 0.1) is 24.7 Å². The fraction of sp³-hybridized carbons (Fsp3) is 0.632. The zero-order valence-corrected chi connectivity index (χ0v) is 15.7. The fourth-order valence-electron chi connectivity index (χ4n) is 3.59. The molecule has 0 spiro atoms. The van der Waals surface area contributed by atoms with Crippen molar-refractivity contribution < 1.29 is 4.74 Å². The first-order valence-corrected chi connectivity index (χ1v) is 9.23. The average molecular weight is 343 g/mol. The molecular formula is C19H29N5O. The van der Waals surface area contributed by atoms with E-state index in [0.717, 1.165) is 24.5 Å². The molecule has 1 saturated carbocycles. The van der Waals surface area contributed by atoms with Crippen molar-refractivity contribution in [3.63, 3.8) is 0 Å². The lowest BCUT2D eigenvalue weighted by molar-refractivity contribution is 0.243. The van der Waals surface area contributed by atoms with Crippen molar-refractivity contribution in [2.75, 3.05) is 11.9 Å². The first kappa shape index (κ1) is 17.7. The van der Waals surface area contributed by atoms with Crippen LogP contribution in [0.3, 0.4) is 0 Å². The van der Waals surface area contributed by atoms with Crippen LogP contribution in [0.5, 0.6) is 5.88 Å². The van der Waals surface area contributed by atoms with E-state index in [0.29, 0.717) is 11.8 Å². The highest BCUT2D eigenvalue weighted by Crippen LogP contribution is 2.25. The molecule has 0 radical (unpaired) electrons. The lowest BCUT2D eigenvalue weighted by Crippen LogP contribution is -2.20. The van der Waals surface area contributed by atoms with Crippen LogP contribution in [0.15, 0.2) is 12.4 Å². The number of anilines is 1. The van der Waals surface area contributed by atoms with Crippen LogP contribution in [0.4, 0.5) is 5.82 Å².